The first-order chi connectivity index (χ1) is 10.8. The van der Waals surface area contributed by atoms with Crippen molar-refractivity contribution >= 4 is 17.7 Å². The van der Waals surface area contributed by atoms with Crippen LogP contribution in [0.25, 0.3) is 0 Å². The highest BCUT2D eigenvalue weighted by Crippen LogP contribution is 2.18. The van der Waals surface area contributed by atoms with E-state index in [0.29, 0.717) is 12.1 Å². The van der Waals surface area contributed by atoms with Gasteiger partial charge in [0.25, 0.3) is 5.91 Å². The number of carbonyl (C=O) groups is 1. The summed E-state index contributed by atoms with van der Waals surface area (Å²) in [5.74, 6) is 0.755. The number of benzene rings is 1. The molecular formula is C15H21N5OS. The van der Waals surface area contributed by atoms with Gasteiger partial charge in [0, 0.05) is 24.4 Å². The van der Waals surface area contributed by atoms with Crippen molar-refractivity contribution in [3.63, 3.8) is 0 Å². The van der Waals surface area contributed by atoms with Crippen LogP contribution >= 0.6 is 11.8 Å². The molecule has 1 heterocycles. The highest BCUT2D eigenvalue weighted by Gasteiger charge is 2.05. The molecular weight excluding hydrogens is 298 g/mol. The van der Waals surface area contributed by atoms with Gasteiger partial charge in [0.1, 0.15) is 6.33 Å². The molecule has 1 aromatic heterocycles. The molecule has 0 aliphatic carbocycles. The maximum absolute atomic E-state index is 12.0. The van der Waals surface area contributed by atoms with Crippen LogP contribution in [-0.4, -0.2) is 40.7 Å². The van der Waals surface area contributed by atoms with Crippen LogP contribution in [0, 0.1) is 0 Å². The van der Waals surface area contributed by atoms with Gasteiger partial charge in [0.2, 0.25) is 0 Å². The minimum Gasteiger partial charge on any atom is -0.351 e. The molecule has 6 nitrogen and oxygen atoms in total. The second kappa shape index (κ2) is 9.22. The summed E-state index contributed by atoms with van der Waals surface area (Å²) in [6.07, 6.45) is 2.59. The maximum atomic E-state index is 12.0. The summed E-state index contributed by atoms with van der Waals surface area (Å²) in [5, 5.41) is 13.6. The van der Waals surface area contributed by atoms with Gasteiger partial charge in [-0.2, -0.15) is 5.10 Å². The third-order valence-corrected chi connectivity index (χ3v) is 3.95. The molecule has 1 aromatic carbocycles. The molecule has 118 valence electrons. The van der Waals surface area contributed by atoms with Crippen LogP contribution in [0.15, 0.2) is 35.7 Å². The van der Waals surface area contributed by atoms with Crippen LogP contribution in [-0.2, 0) is 5.75 Å². The topological polar surface area (TPSA) is 82.7 Å². The van der Waals surface area contributed by atoms with Crippen LogP contribution in [0.5, 0.6) is 0 Å². The SMILES string of the molecule is CCCNCCNC(=O)c1ccc(CSc2ncn[nH]2)cc1. The highest BCUT2D eigenvalue weighted by atomic mass is 32.2. The van der Waals surface area contributed by atoms with Gasteiger partial charge in [-0.1, -0.05) is 30.8 Å². The van der Waals surface area contributed by atoms with E-state index in [1.165, 1.54) is 6.33 Å². The summed E-state index contributed by atoms with van der Waals surface area (Å²) in [5.41, 5.74) is 1.83. The molecule has 2 aromatic rings. The number of nitrogens with one attached hydrogen (secondary N) is 3. The fourth-order valence-corrected chi connectivity index (χ4v) is 2.57. The first kappa shape index (κ1) is 16.5. The van der Waals surface area contributed by atoms with Gasteiger partial charge in [0.15, 0.2) is 5.16 Å². The number of hydrogen-bond acceptors (Lipinski definition) is 5. The zero-order chi connectivity index (χ0) is 15.6. The Morgan fingerprint density at radius 2 is 2.05 bits per heavy atom. The van der Waals surface area contributed by atoms with E-state index in [1.54, 1.807) is 11.8 Å². The Bertz CT molecular complexity index is 556. The number of nitrogens with zero attached hydrogens (tertiary/aromatic N) is 2. The second-order valence-corrected chi connectivity index (χ2v) is 5.75. The quantitative estimate of drug-likeness (QED) is 0.485. The van der Waals surface area contributed by atoms with E-state index in [2.05, 4.69) is 32.7 Å². The van der Waals surface area contributed by atoms with Crippen molar-refractivity contribution in [2.75, 3.05) is 19.6 Å². The molecule has 0 unspecified atom stereocenters. The van der Waals surface area contributed by atoms with Gasteiger partial charge in [0.05, 0.1) is 0 Å². The smallest absolute Gasteiger partial charge is 0.251 e. The number of amides is 1. The molecule has 0 atom stereocenters. The largest absolute Gasteiger partial charge is 0.351 e. The Morgan fingerprint density at radius 1 is 1.23 bits per heavy atom. The van der Waals surface area contributed by atoms with Gasteiger partial charge >= 0.3 is 0 Å². The normalized spacial score (nSPS) is 10.6. The van der Waals surface area contributed by atoms with Crippen molar-refractivity contribution in [3.8, 4) is 0 Å². The van der Waals surface area contributed by atoms with Crippen LogP contribution in [0.1, 0.15) is 29.3 Å². The minimum atomic E-state index is -0.0345. The third-order valence-electron chi connectivity index (χ3n) is 3.00. The lowest BCUT2D eigenvalue weighted by atomic mass is 10.1. The summed E-state index contributed by atoms with van der Waals surface area (Å²) in [4.78, 5) is 16.0. The first-order valence-electron chi connectivity index (χ1n) is 7.35. The van der Waals surface area contributed by atoms with Crippen LogP contribution in [0.4, 0.5) is 0 Å². The second-order valence-electron chi connectivity index (χ2n) is 4.78. The molecule has 0 saturated carbocycles. The summed E-state index contributed by atoms with van der Waals surface area (Å²) in [6, 6.07) is 7.64. The Labute approximate surface area is 134 Å². The molecule has 3 N–H and O–H groups in total. The van der Waals surface area contributed by atoms with Crippen molar-refractivity contribution < 1.29 is 4.79 Å². The predicted molar refractivity (Wildman–Crippen MR) is 87.9 cm³/mol. The molecule has 7 heteroatoms. The van der Waals surface area contributed by atoms with Crippen molar-refractivity contribution in [3.05, 3.63) is 41.7 Å². The van der Waals surface area contributed by atoms with Crippen molar-refractivity contribution in [1.82, 2.24) is 25.8 Å². The fraction of sp³-hybridized carbons (Fsp3) is 0.400. The Morgan fingerprint density at radius 3 is 2.73 bits per heavy atom. The molecule has 0 saturated heterocycles. The number of thioether (sulfide) groups is 1. The molecule has 0 spiro atoms. The Balaban J connectivity index is 1.74. The molecule has 0 radical (unpaired) electrons. The monoisotopic (exact) mass is 319 g/mol. The van der Waals surface area contributed by atoms with E-state index in [9.17, 15) is 4.79 Å². The maximum Gasteiger partial charge on any atom is 0.251 e. The highest BCUT2D eigenvalue weighted by molar-refractivity contribution is 7.98. The lowest BCUT2D eigenvalue weighted by Gasteiger charge is -2.07. The minimum absolute atomic E-state index is 0.0345. The summed E-state index contributed by atoms with van der Waals surface area (Å²) < 4.78 is 0. The molecule has 0 aliphatic heterocycles. The van der Waals surface area contributed by atoms with E-state index in [4.69, 9.17) is 0 Å². The molecule has 22 heavy (non-hydrogen) atoms. The van der Waals surface area contributed by atoms with E-state index in [-0.39, 0.29) is 5.91 Å². The van der Waals surface area contributed by atoms with E-state index in [0.717, 1.165) is 36.0 Å². The number of H-pyrrole nitrogens is 1. The number of aromatic nitrogens is 3. The number of aromatic amines is 1. The first-order valence-corrected chi connectivity index (χ1v) is 8.34. The number of carbonyl (C=O) groups excluding carboxylic acids is 1. The van der Waals surface area contributed by atoms with Gasteiger partial charge in [-0.15, -0.1) is 0 Å². The van der Waals surface area contributed by atoms with Crippen LogP contribution < -0.4 is 10.6 Å². The van der Waals surface area contributed by atoms with Crippen molar-refractivity contribution in [2.45, 2.75) is 24.3 Å². The number of hydrogen-bond donors (Lipinski definition) is 3. The van der Waals surface area contributed by atoms with Crippen LogP contribution in [0.2, 0.25) is 0 Å². The molecule has 0 bridgehead atoms. The van der Waals surface area contributed by atoms with Crippen molar-refractivity contribution in [2.24, 2.45) is 0 Å². The van der Waals surface area contributed by atoms with Gasteiger partial charge in [-0.3, -0.25) is 9.89 Å². The number of rotatable bonds is 9. The van der Waals surface area contributed by atoms with E-state index >= 15 is 0 Å². The Kier molecular flexibility index (Phi) is 6.92. The lowest BCUT2D eigenvalue weighted by Crippen LogP contribution is -2.32. The standard InChI is InChI=1S/C15H21N5OS/c1-2-7-16-8-9-17-14(21)13-5-3-12(4-6-13)10-22-15-18-11-19-20-15/h3-6,11,16H,2,7-10H2,1H3,(H,17,21)(H,18,19,20). The third kappa shape index (κ3) is 5.50. The van der Waals surface area contributed by atoms with E-state index < -0.39 is 0 Å². The average Bonchev–Trinajstić information content (AvgIpc) is 3.06. The molecule has 2 rings (SSSR count). The van der Waals surface area contributed by atoms with E-state index in [1.807, 2.05) is 24.3 Å². The van der Waals surface area contributed by atoms with Gasteiger partial charge in [-0.25, -0.2) is 4.98 Å². The van der Waals surface area contributed by atoms with Gasteiger partial charge in [-0.05, 0) is 30.7 Å². The van der Waals surface area contributed by atoms with Crippen molar-refractivity contribution in [1.29, 1.82) is 0 Å². The van der Waals surface area contributed by atoms with Crippen LogP contribution in [0.3, 0.4) is 0 Å². The summed E-state index contributed by atoms with van der Waals surface area (Å²) >= 11 is 1.58. The molecule has 0 aliphatic rings. The predicted octanol–water partition coefficient (Wildman–Crippen LogP) is 1.83. The fourth-order valence-electron chi connectivity index (χ4n) is 1.84. The zero-order valence-corrected chi connectivity index (χ0v) is 13.4. The average molecular weight is 319 g/mol. The lowest BCUT2D eigenvalue weighted by molar-refractivity contribution is 0.0954. The zero-order valence-electron chi connectivity index (χ0n) is 12.6. The summed E-state index contributed by atoms with van der Waals surface area (Å²) in [6.45, 7) is 4.54. The Hall–Kier alpha value is -1.86. The molecule has 0 fully saturated rings. The molecule has 1 amide bonds. The van der Waals surface area contributed by atoms with Gasteiger partial charge < -0.3 is 10.6 Å². The summed E-state index contributed by atoms with van der Waals surface area (Å²) in [7, 11) is 0.